The lowest BCUT2D eigenvalue weighted by molar-refractivity contribution is 1.31. The summed E-state index contributed by atoms with van der Waals surface area (Å²) >= 11 is 1.79. The van der Waals surface area contributed by atoms with Crippen LogP contribution < -0.4 is 0 Å². The van der Waals surface area contributed by atoms with Crippen LogP contribution in [0.15, 0.2) is 85.0 Å². The van der Waals surface area contributed by atoms with Crippen LogP contribution in [0.25, 0.3) is 10.1 Å². The summed E-state index contributed by atoms with van der Waals surface area (Å²) in [6.07, 6.45) is 8.58. The molecule has 0 unspecified atom stereocenters. The molecule has 4 heteroatoms. The molecule has 0 saturated carbocycles. The van der Waals surface area contributed by atoms with Gasteiger partial charge in [-0.25, -0.2) is 4.98 Å². The van der Waals surface area contributed by atoms with E-state index in [0.29, 0.717) is 0 Å². The minimum absolute atomic E-state index is 1.35. The summed E-state index contributed by atoms with van der Waals surface area (Å²) in [5, 5.41) is 3.47. The van der Waals surface area contributed by atoms with Crippen molar-refractivity contribution in [2.24, 2.45) is 0 Å². The fourth-order valence-corrected chi connectivity index (χ4v) is 2.22. The number of rotatable bonds is 0. The number of nitrogens with one attached hydrogen (secondary N) is 1. The summed E-state index contributed by atoms with van der Waals surface area (Å²) < 4.78 is 1.37. The molecule has 0 atom stereocenters. The summed E-state index contributed by atoms with van der Waals surface area (Å²) in [6, 6.07) is 16.3. The van der Waals surface area contributed by atoms with Gasteiger partial charge in [-0.05, 0) is 35.0 Å². The zero-order valence-electron chi connectivity index (χ0n) is 10.9. The van der Waals surface area contributed by atoms with Gasteiger partial charge in [0.05, 0.1) is 6.33 Å². The highest BCUT2D eigenvalue weighted by molar-refractivity contribution is 7.17. The number of hydrogen-bond donors (Lipinski definition) is 1. The van der Waals surface area contributed by atoms with Gasteiger partial charge in [0.2, 0.25) is 0 Å². The molecule has 4 rings (SSSR count). The Bertz CT molecular complexity index is 601. The predicted molar refractivity (Wildman–Crippen MR) is 84.6 cm³/mol. The van der Waals surface area contributed by atoms with Crippen LogP contribution in [0.5, 0.6) is 0 Å². The number of hydrogen-bond acceptors (Lipinski definition) is 3. The van der Waals surface area contributed by atoms with E-state index >= 15 is 0 Å². The molecule has 3 heterocycles. The molecule has 0 fully saturated rings. The fraction of sp³-hybridized carbons (Fsp3) is 0. The van der Waals surface area contributed by atoms with E-state index in [1.54, 1.807) is 42.5 Å². The van der Waals surface area contributed by atoms with E-state index in [4.69, 9.17) is 0 Å². The van der Waals surface area contributed by atoms with E-state index in [1.165, 1.54) is 10.1 Å². The van der Waals surface area contributed by atoms with Crippen molar-refractivity contribution < 1.29 is 0 Å². The van der Waals surface area contributed by atoms with E-state index in [2.05, 4.69) is 50.7 Å². The Labute approximate surface area is 122 Å². The molecular formula is C16H15N3S. The molecule has 3 nitrogen and oxygen atoms in total. The smallest absolute Gasteiger partial charge is 0.0919 e. The predicted octanol–water partition coefficient (Wildman–Crippen LogP) is 4.39. The van der Waals surface area contributed by atoms with Crippen molar-refractivity contribution >= 4 is 21.4 Å². The molecule has 0 bridgehead atoms. The van der Waals surface area contributed by atoms with Crippen molar-refractivity contribution in [2.75, 3.05) is 0 Å². The molecule has 0 radical (unpaired) electrons. The third kappa shape index (κ3) is 5.04. The lowest BCUT2D eigenvalue weighted by Gasteiger charge is -1.82. The van der Waals surface area contributed by atoms with Crippen LogP contribution in [-0.2, 0) is 0 Å². The molecule has 0 saturated heterocycles. The number of aromatic amines is 1. The number of thiophene rings is 1. The number of fused-ring (bicyclic) bond motifs is 1. The summed E-state index contributed by atoms with van der Waals surface area (Å²) in [7, 11) is 0. The van der Waals surface area contributed by atoms with Gasteiger partial charge in [-0.1, -0.05) is 24.3 Å². The third-order valence-corrected chi connectivity index (χ3v) is 3.23. The van der Waals surface area contributed by atoms with Gasteiger partial charge in [-0.3, -0.25) is 4.98 Å². The molecule has 20 heavy (non-hydrogen) atoms. The zero-order valence-corrected chi connectivity index (χ0v) is 11.7. The number of aromatic nitrogens is 3. The molecule has 0 spiro atoms. The van der Waals surface area contributed by atoms with Crippen molar-refractivity contribution in [3.05, 3.63) is 85.0 Å². The van der Waals surface area contributed by atoms with Crippen molar-refractivity contribution in [3.63, 3.8) is 0 Å². The first-order valence-electron chi connectivity index (χ1n) is 6.17. The van der Waals surface area contributed by atoms with Gasteiger partial charge in [0.15, 0.2) is 0 Å². The number of benzene rings is 1. The van der Waals surface area contributed by atoms with E-state index in [9.17, 15) is 0 Å². The molecule has 0 aliphatic heterocycles. The highest BCUT2D eigenvalue weighted by atomic mass is 32.1. The van der Waals surface area contributed by atoms with E-state index in [-0.39, 0.29) is 0 Å². The van der Waals surface area contributed by atoms with Crippen molar-refractivity contribution in [1.82, 2.24) is 15.0 Å². The summed E-state index contributed by atoms with van der Waals surface area (Å²) in [5.41, 5.74) is 0. The minimum Gasteiger partial charge on any atom is -0.351 e. The Balaban J connectivity index is 0.000000117. The zero-order chi connectivity index (χ0) is 13.9. The third-order valence-electron chi connectivity index (χ3n) is 2.33. The second-order valence-electron chi connectivity index (χ2n) is 3.74. The van der Waals surface area contributed by atoms with Crippen LogP contribution in [-0.4, -0.2) is 15.0 Å². The molecule has 0 aliphatic rings. The summed E-state index contributed by atoms with van der Waals surface area (Å²) in [6.45, 7) is 0. The topological polar surface area (TPSA) is 41.6 Å². The summed E-state index contributed by atoms with van der Waals surface area (Å²) in [5.74, 6) is 0. The van der Waals surface area contributed by atoms with Gasteiger partial charge in [0, 0.05) is 29.5 Å². The lowest BCUT2D eigenvalue weighted by Crippen LogP contribution is -1.58. The normalized spacial score (nSPS) is 9.00. The highest BCUT2D eigenvalue weighted by Crippen LogP contribution is 2.18. The van der Waals surface area contributed by atoms with Crippen LogP contribution in [0.3, 0.4) is 0 Å². The van der Waals surface area contributed by atoms with Crippen LogP contribution in [0.2, 0.25) is 0 Å². The largest absolute Gasteiger partial charge is 0.351 e. The Kier molecular flexibility index (Phi) is 6.01. The minimum atomic E-state index is 1.35. The Morgan fingerprint density at radius 2 is 1.65 bits per heavy atom. The molecule has 4 aromatic rings. The first kappa shape index (κ1) is 14.0. The Morgan fingerprint density at radius 1 is 0.800 bits per heavy atom. The molecule has 3 aromatic heterocycles. The fourth-order valence-electron chi connectivity index (χ4n) is 1.43. The highest BCUT2D eigenvalue weighted by Gasteiger charge is 1.87. The van der Waals surface area contributed by atoms with Gasteiger partial charge < -0.3 is 4.98 Å². The van der Waals surface area contributed by atoms with Crippen LogP contribution in [0, 0.1) is 0 Å². The van der Waals surface area contributed by atoms with Gasteiger partial charge in [0.25, 0.3) is 0 Å². The van der Waals surface area contributed by atoms with Crippen molar-refractivity contribution in [1.29, 1.82) is 0 Å². The standard InChI is InChI=1S/C8H6S.C5H5N.C3H4N2/c1-2-4-8-7(3-1)5-6-9-8;1-2-4-6-5-3-1;1-2-5-3-4-1/h1-6H;1-5H;1-3H,(H,4,5). The summed E-state index contributed by atoms with van der Waals surface area (Å²) in [4.78, 5) is 10.2. The number of pyridine rings is 1. The second-order valence-corrected chi connectivity index (χ2v) is 4.69. The molecule has 0 aliphatic carbocycles. The number of H-pyrrole nitrogens is 1. The van der Waals surface area contributed by atoms with E-state index < -0.39 is 0 Å². The molecule has 0 amide bonds. The Morgan fingerprint density at radius 3 is 2.15 bits per heavy atom. The monoisotopic (exact) mass is 281 g/mol. The first-order chi connectivity index (χ1) is 9.97. The van der Waals surface area contributed by atoms with E-state index in [1.807, 2.05) is 18.2 Å². The maximum atomic E-state index is 3.78. The van der Waals surface area contributed by atoms with Crippen molar-refractivity contribution in [2.45, 2.75) is 0 Å². The Hall–Kier alpha value is -2.46. The maximum Gasteiger partial charge on any atom is 0.0919 e. The van der Waals surface area contributed by atoms with Gasteiger partial charge >= 0.3 is 0 Å². The lowest BCUT2D eigenvalue weighted by atomic mass is 10.3. The van der Waals surface area contributed by atoms with Gasteiger partial charge in [-0.2, -0.15) is 0 Å². The average molecular weight is 281 g/mol. The number of nitrogens with zero attached hydrogens (tertiary/aromatic N) is 2. The molecule has 100 valence electrons. The molecular weight excluding hydrogens is 266 g/mol. The van der Waals surface area contributed by atoms with Crippen LogP contribution >= 0.6 is 11.3 Å². The maximum absolute atomic E-state index is 3.78. The van der Waals surface area contributed by atoms with Crippen LogP contribution in [0.4, 0.5) is 0 Å². The second kappa shape index (κ2) is 8.61. The van der Waals surface area contributed by atoms with Gasteiger partial charge in [-0.15, -0.1) is 11.3 Å². The van der Waals surface area contributed by atoms with Crippen molar-refractivity contribution in [3.8, 4) is 0 Å². The van der Waals surface area contributed by atoms with E-state index in [0.717, 1.165) is 0 Å². The van der Waals surface area contributed by atoms with Gasteiger partial charge in [0.1, 0.15) is 0 Å². The SMILES string of the molecule is c1c[nH]cn1.c1ccc2sccc2c1.c1ccncc1. The van der Waals surface area contributed by atoms with Crippen LogP contribution in [0.1, 0.15) is 0 Å². The average Bonchev–Trinajstić information content (AvgIpc) is 3.24. The number of imidazole rings is 1. The molecule has 1 N–H and O–H groups in total. The first-order valence-corrected chi connectivity index (χ1v) is 7.05. The molecule has 1 aromatic carbocycles. The quantitative estimate of drug-likeness (QED) is 0.519.